The third kappa shape index (κ3) is 5.23. The number of hydrogen-bond acceptors (Lipinski definition) is 4. The van der Waals surface area contributed by atoms with Crippen molar-refractivity contribution in [3.8, 4) is 5.75 Å². The van der Waals surface area contributed by atoms with Crippen LogP contribution in [-0.4, -0.2) is 29.2 Å². The van der Waals surface area contributed by atoms with Crippen molar-refractivity contribution in [3.63, 3.8) is 0 Å². The molecule has 0 spiro atoms. The lowest BCUT2D eigenvalue weighted by atomic mass is 9.89. The molecule has 0 saturated heterocycles. The minimum absolute atomic E-state index is 0.0203. The second-order valence-corrected chi connectivity index (χ2v) is 8.10. The number of nitrogens with zero attached hydrogens (tertiary/aromatic N) is 1. The highest BCUT2D eigenvalue weighted by Crippen LogP contribution is 2.36. The van der Waals surface area contributed by atoms with Gasteiger partial charge in [0.1, 0.15) is 11.6 Å². The van der Waals surface area contributed by atoms with Crippen LogP contribution in [0.3, 0.4) is 0 Å². The first-order chi connectivity index (χ1) is 15.1. The van der Waals surface area contributed by atoms with Crippen molar-refractivity contribution >= 4 is 11.8 Å². The summed E-state index contributed by atoms with van der Waals surface area (Å²) >= 11 is 0. The van der Waals surface area contributed by atoms with Gasteiger partial charge in [-0.3, -0.25) is 4.79 Å². The van der Waals surface area contributed by atoms with E-state index in [1.165, 1.54) is 16.7 Å². The van der Waals surface area contributed by atoms with Gasteiger partial charge in [0, 0.05) is 12.7 Å². The molecule has 31 heavy (non-hydrogen) atoms. The molecule has 2 aromatic carbocycles. The zero-order valence-corrected chi connectivity index (χ0v) is 17.8. The van der Waals surface area contributed by atoms with Gasteiger partial charge in [-0.1, -0.05) is 36.4 Å². The lowest BCUT2D eigenvalue weighted by Gasteiger charge is -2.17. The van der Waals surface area contributed by atoms with Gasteiger partial charge in [0.15, 0.2) is 0 Å². The number of aromatic nitrogens is 1. The van der Waals surface area contributed by atoms with E-state index in [1.54, 1.807) is 6.20 Å². The van der Waals surface area contributed by atoms with E-state index in [9.17, 15) is 9.90 Å². The molecule has 5 heteroatoms. The molecule has 1 aromatic heterocycles. The van der Waals surface area contributed by atoms with E-state index in [1.807, 2.05) is 30.3 Å². The molecule has 4 rings (SSSR count). The molecule has 0 saturated carbocycles. The monoisotopic (exact) mass is 416 g/mol. The van der Waals surface area contributed by atoms with Crippen molar-refractivity contribution in [2.45, 2.75) is 38.5 Å². The number of aliphatic carboxylic acids is 1. The Balaban J connectivity index is 1.45. The van der Waals surface area contributed by atoms with Gasteiger partial charge in [0.2, 0.25) is 0 Å². The van der Waals surface area contributed by atoms with Gasteiger partial charge in [-0.25, -0.2) is 4.98 Å². The first-order valence-corrected chi connectivity index (χ1v) is 10.8. The summed E-state index contributed by atoms with van der Waals surface area (Å²) in [6.45, 7) is 3.47. The van der Waals surface area contributed by atoms with Crippen molar-refractivity contribution < 1.29 is 14.6 Å². The van der Waals surface area contributed by atoms with Gasteiger partial charge in [0.25, 0.3) is 0 Å². The van der Waals surface area contributed by atoms with Gasteiger partial charge in [-0.05, 0) is 78.1 Å². The third-order valence-corrected chi connectivity index (χ3v) is 5.81. The number of carboxylic acids is 1. The molecular weight excluding hydrogens is 388 g/mol. The van der Waals surface area contributed by atoms with Crippen LogP contribution < -0.4 is 10.1 Å². The molecule has 0 bridgehead atoms. The molecule has 1 unspecified atom stereocenters. The van der Waals surface area contributed by atoms with Crippen molar-refractivity contribution in [2.24, 2.45) is 0 Å². The van der Waals surface area contributed by atoms with Crippen molar-refractivity contribution in [2.75, 3.05) is 18.5 Å². The summed E-state index contributed by atoms with van der Waals surface area (Å²) in [5, 5.41) is 12.7. The van der Waals surface area contributed by atoms with Gasteiger partial charge >= 0.3 is 5.97 Å². The van der Waals surface area contributed by atoms with E-state index in [4.69, 9.17) is 4.74 Å². The number of carbonyl (C=O) groups is 1. The fraction of sp³-hybridized carbons (Fsp3) is 0.308. The molecule has 2 N–H and O–H groups in total. The summed E-state index contributed by atoms with van der Waals surface area (Å²) in [6, 6.07) is 18.4. The number of aryl methyl sites for hydroxylation is 1. The zero-order chi connectivity index (χ0) is 21.6. The number of pyridine rings is 1. The van der Waals surface area contributed by atoms with E-state index in [0.717, 1.165) is 48.5 Å². The van der Waals surface area contributed by atoms with Crippen LogP contribution in [0.25, 0.3) is 0 Å². The molecule has 1 heterocycles. The van der Waals surface area contributed by atoms with Crippen molar-refractivity contribution in [1.82, 2.24) is 4.98 Å². The predicted octanol–water partition coefficient (Wildman–Crippen LogP) is 4.98. The van der Waals surface area contributed by atoms with Crippen LogP contribution in [0.15, 0.2) is 60.8 Å². The second kappa shape index (κ2) is 9.65. The Morgan fingerprint density at radius 2 is 1.97 bits per heavy atom. The van der Waals surface area contributed by atoms with Crippen LogP contribution >= 0.6 is 0 Å². The van der Waals surface area contributed by atoms with Crippen LogP contribution in [0.5, 0.6) is 5.75 Å². The van der Waals surface area contributed by atoms with Crippen LogP contribution in [-0.2, 0) is 17.6 Å². The molecule has 3 aromatic rings. The van der Waals surface area contributed by atoms with Crippen LogP contribution in [0.1, 0.15) is 46.6 Å². The number of anilines is 1. The van der Waals surface area contributed by atoms with Gasteiger partial charge < -0.3 is 15.2 Å². The first kappa shape index (κ1) is 20.9. The quantitative estimate of drug-likeness (QED) is 0.507. The largest absolute Gasteiger partial charge is 0.493 e. The molecule has 0 amide bonds. The summed E-state index contributed by atoms with van der Waals surface area (Å²) in [5.74, 6) is 0.977. The Hall–Kier alpha value is -3.34. The summed E-state index contributed by atoms with van der Waals surface area (Å²) in [4.78, 5) is 15.7. The topological polar surface area (TPSA) is 71.5 Å². The molecule has 0 fully saturated rings. The highest BCUT2D eigenvalue weighted by molar-refractivity contribution is 5.68. The highest BCUT2D eigenvalue weighted by Gasteiger charge is 2.24. The second-order valence-electron chi connectivity index (χ2n) is 8.10. The fourth-order valence-corrected chi connectivity index (χ4v) is 4.31. The molecular formula is C26H28N2O3. The van der Waals surface area contributed by atoms with Crippen molar-refractivity contribution in [1.29, 1.82) is 0 Å². The van der Waals surface area contributed by atoms with E-state index in [0.29, 0.717) is 6.61 Å². The van der Waals surface area contributed by atoms with E-state index < -0.39 is 5.97 Å². The van der Waals surface area contributed by atoms with Gasteiger partial charge in [-0.15, -0.1) is 0 Å². The fourth-order valence-electron chi connectivity index (χ4n) is 4.31. The minimum atomic E-state index is -0.757. The normalized spacial score (nSPS) is 14.8. The lowest BCUT2D eigenvalue weighted by molar-refractivity contribution is -0.137. The minimum Gasteiger partial charge on any atom is -0.493 e. The Morgan fingerprint density at radius 3 is 2.77 bits per heavy atom. The third-order valence-electron chi connectivity index (χ3n) is 5.81. The average molecular weight is 417 g/mol. The number of rotatable bonds is 8. The van der Waals surface area contributed by atoms with Crippen molar-refractivity contribution in [3.05, 3.63) is 88.6 Å². The number of benzene rings is 2. The standard InChI is InChI=1S/C26H28N2O3/c1-18-13-20-14-19-7-2-3-8-23(19)22(17-26(29)30)15-21(20)16-24(18)31-12-6-11-28-25-9-4-5-10-27-25/h2-5,7-10,13,16,22H,6,11-12,14-15,17H2,1H3,(H,27,28)(H,29,30). The lowest BCUT2D eigenvalue weighted by Crippen LogP contribution is -2.10. The van der Waals surface area contributed by atoms with Gasteiger partial charge in [0.05, 0.1) is 13.0 Å². The summed E-state index contributed by atoms with van der Waals surface area (Å²) in [7, 11) is 0. The first-order valence-electron chi connectivity index (χ1n) is 10.8. The summed E-state index contributed by atoms with van der Waals surface area (Å²) in [6.07, 6.45) is 4.32. The van der Waals surface area contributed by atoms with Crippen LogP contribution in [0.4, 0.5) is 5.82 Å². The molecule has 1 atom stereocenters. The zero-order valence-electron chi connectivity index (χ0n) is 17.8. The highest BCUT2D eigenvalue weighted by atomic mass is 16.5. The number of carboxylic acid groups (broad SMARTS) is 1. The van der Waals surface area contributed by atoms with E-state index in [2.05, 4.69) is 41.5 Å². The van der Waals surface area contributed by atoms with Gasteiger partial charge in [-0.2, -0.15) is 0 Å². The molecule has 160 valence electrons. The van der Waals surface area contributed by atoms with Crippen LogP contribution in [0.2, 0.25) is 0 Å². The number of nitrogens with one attached hydrogen (secondary N) is 1. The number of fused-ring (bicyclic) bond motifs is 2. The molecule has 0 aliphatic heterocycles. The van der Waals surface area contributed by atoms with Crippen LogP contribution in [0, 0.1) is 6.92 Å². The maximum Gasteiger partial charge on any atom is 0.303 e. The SMILES string of the molecule is Cc1cc2c(cc1OCCCNc1ccccn1)CC(CC(=O)O)c1ccccc1C2. The molecule has 1 aliphatic rings. The Bertz CT molecular complexity index is 1050. The maximum atomic E-state index is 11.5. The molecule has 0 radical (unpaired) electrons. The maximum absolute atomic E-state index is 11.5. The average Bonchev–Trinajstić information content (AvgIpc) is 2.90. The summed E-state index contributed by atoms with van der Waals surface area (Å²) < 4.78 is 6.10. The summed E-state index contributed by atoms with van der Waals surface area (Å²) in [5.41, 5.74) is 5.95. The number of ether oxygens (including phenoxy) is 1. The van der Waals surface area contributed by atoms with E-state index in [-0.39, 0.29) is 12.3 Å². The Kier molecular flexibility index (Phi) is 6.51. The molecule has 5 nitrogen and oxygen atoms in total. The number of hydrogen-bond donors (Lipinski definition) is 2. The van der Waals surface area contributed by atoms with E-state index >= 15 is 0 Å². The predicted molar refractivity (Wildman–Crippen MR) is 122 cm³/mol. The molecule has 1 aliphatic carbocycles. The smallest absolute Gasteiger partial charge is 0.303 e. The Labute approximate surface area is 183 Å². The Morgan fingerprint density at radius 1 is 1.13 bits per heavy atom.